The number of rotatable bonds is 5. The maximum atomic E-state index is 12.0. The molecule has 0 bridgehead atoms. The van der Waals surface area contributed by atoms with Crippen LogP contribution in [0.15, 0.2) is 23.1 Å². The minimum Gasteiger partial charge on any atom is -0.406 e. The third kappa shape index (κ3) is 5.83. The molecule has 0 saturated heterocycles. The molecule has 1 rings (SSSR count). The van der Waals surface area contributed by atoms with Crippen LogP contribution < -0.4 is 10.5 Å². The molecule has 0 aliphatic heterocycles. The zero-order valence-corrected chi connectivity index (χ0v) is 10.0. The Balaban J connectivity index is 2.72. The Kier molecular flexibility index (Phi) is 5.14. The van der Waals surface area contributed by atoms with Crippen molar-refractivity contribution in [3.05, 3.63) is 23.8 Å². The third-order valence-electron chi connectivity index (χ3n) is 2.10. The van der Waals surface area contributed by atoms with Gasteiger partial charge in [-0.2, -0.15) is 0 Å². The Morgan fingerprint density at radius 1 is 1.18 bits per heavy atom. The molecule has 0 aliphatic rings. The molecule has 0 aliphatic carbocycles. The van der Waals surface area contributed by atoms with Gasteiger partial charge in [0.05, 0.1) is 0 Å². The highest BCUT2D eigenvalue weighted by Crippen LogP contribution is 2.26. The van der Waals surface area contributed by atoms with Gasteiger partial charge in [0.25, 0.3) is 0 Å². The van der Waals surface area contributed by atoms with Crippen LogP contribution in [0.1, 0.15) is 18.4 Å². The van der Waals surface area contributed by atoms with Crippen LogP contribution in [0.3, 0.4) is 0 Å². The number of alkyl halides is 3. The molecule has 1 aromatic carbocycles. The van der Waals surface area contributed by atoms with Gasteiger partial charge < -0.3 is 10.5 Å². The average molecular weight is 265 g/mol. The van der Waals surface area contributed by atoms with Crippen LogP contribution in [-0.2, 0) is 6.42 Å². The molecule has 0 fully saturated rings. The fourth-order valence-corrected chi connectivity index (χ4v) is 1.75. The molecule has 0 saturated carbocycles. The molecule has 2 N–H and O–H groups in total. The normalized spacial score (nSPS) is 11.6. The SMILES string of the molecule is NCCCCc1cc(S)cc(OC(F)(F)F)c1. The Morgan fingerprint density at radius 3 is 2.47 bits per heavy atom. The molecule has 6 heteroatoms. The molecule has 0 amide bonds. The Morgan fingerprint density at radius 2 is 1.88 bits per heavy atom. The smallest absolute Gasteiger partial charge is 0.406 e. The zero-order chi connectivity index (χ0) is 12.9. The summed E-state index contributed by atoms with van der Waals surface area (Å²) in [6.07, 6.45) is -2.33. The van der Waals surface area contributed by atoms with Gasteiger partial charge in [0.2, 0.25) is 0 Å². The van der Waals surface area contributed by atoms with Crippen molar-refractivity contribution in [2.24, 2.45) is 5.73 Å². The Hall–Kier alpha value is -0.880. The number of hydrogen-bond donors (Lipinski definition) is 2. The minimum atomic E-state index is -4.67. The van der Waals surface area contributed by atoms with E-state index in [1.807, 2.05) is 0 Å². The van der Waals surface area contributed by atoms with Crippen LogP contribution in [0.5, 0.6) is 5.75 Å². The van der Waals surface area contributed by atoms with E-state index in [1.54, 1.807) is 6.07 Å². The number of unbranched alkanes of at least 4 members (excludes halogenated alkanes) is 1. The standard InChI is InChI=1S/C11H14F3NOS/c12-11(13,14)16-9-5-8(3-1-2-4-15)6-10(17)7-9/h5-7,17H,1-4,15H2. The van der Waals surface area contributed by atoms with E-state index in [1.165, 1.54) is 12.1 Å². The first-order valence-electron chi connectivity index (χ1n) is 5.19. The molecule has 0 heterocycles. The maximum Gasteiger partial charge on any atom is 0.573 e. The lowest BCUT2D eigenvalue weighted by molar-refractivity contribution is -0.274. The van der Waals surface area contributed by atoms with Crippen molar-refractivity contribution in [3.63, 3.8) is 0 Å². The Labute approximate surface area is 103 Å². The fraction of sp³-hybridized carbons (Fsp3) is 0.455. The second-order valence-electron chi connectivity index (χ2n) is 3.63. The van der Waals surface area contributed by atoms with E-state index in [2.05, 4.69) is 17.4 Å². The van der Waals surface area contributed by atoms with E-state index in [9.17, 15) is 13.2 Å². The lowest BCUT2D eigenvalue weighted by Crippen LogP contribution is -2.17. The van der Waals surface area contributed by atoms with Crippen LogP contribution in [0.4, 0.5) is 13.2 Å². The van der Waals surface area contributed by atoms with Crippen LogP contribution in [-0.4, -0.2) is 12.9 Å². The van der Waals surface area contributed by atoms with Crippen LogP contribution in [0.25, 0.3) is 0 Å². The molecule has 17 heavy (non-hydrogen) atoms. The van der Waals surface area contributed by atoms with Crippen molar-refractivity contribution in [3.8, 4) is 5.75 Å². The van der Waals surface area contributed by atoms with Gasteiger partial charge in [0.1, 0.15) is 5.75 Å². The zero-order valence-electron chi connectivity index (χ0n) is 9.13. The van der Waals surface area contributed by atoms with Crippen molar-refractivity contribution >= 4 is 12.6 Å². The van der Waals surface area contributed by atoms with E-state index in [0.29, 0.717) is 17.9 Å². The average Bonchev–Trinajstić information content (AvgIpc) is 2.14. The first kappa shape index (κ1) is 14.2. The largest absolute Gasteiger partial charge is 0.573 e. The molecule has 0 spiro atoms. The number of ether oxygens (including phenoxy) is 1. The van der Waals surface area contributed by atoms with E-state index < -0.39 is 6.36 Å². The van der Waals surface area contributed by atoms with E-state index in [-0.39, 0.29) is 5.75 Å². The molecule has 96 valence electrons. The lowest BCUT2D eigenvalue weighted by Gasteiger charge is -2.11. The number of benzene rings is 1. The fourth-order valence-electron chi connectivity index (χ4n) is 1.45. The summed E-state index contributed by atoms with van der Waals surface area (Å²) in [6, 6.07) is 4.34. The molecular weight excluding hydrogens is 251 g/mol. The van der Waals surface area contributed by atoms with Gasteiger partial charge >= 0.3 is 6.36 Å². The van der Waals surface area contributed by atoms with Gasteiger partial charge in [-0.25, -0.2) is 0 Å². The number of thiol groups is 1. The van der Waals surface area contributed by atoms with Gasteiger partial charge in [-0.1, -0.05) is 0 Å². The van der Waals surface area contributed by atoms with E-state index in [0.717, 1.165) is 18.4 Å². The Bertz CT molecular complexity index is 368. The first-order chi connectivity index (χ1) is 7.90. The van der Waals surface area contributed by atoms with Gasteiger partial charge in [-0.15, -0.1) is 25.8 Å². The van der Waals surface area contributed by atoms with Crippen molar-refractivity contribution in [2.45, 2.75) is 30.5 Å². The highest BCUT2D eigenvalue weighted by Gasteiger charge is 2.31. The predicted octanol–water partition coefficient (Wildman–Crippen LogP) is 3.16. The lowest BCUT2D eigenvalue weighted by atomic mass is 10.1. The van der Waals surface area contributed by atoms with Gasteiger partial charge in [0, 0.05) is 4.90 Å². The van der Waals surface area contributed by atoms with Crippen LogP contribution in [0.2, 0.25) is 0 Å². The summed E-state index contributed by atoms with van der Waals surface area (Å²) < 4.78 is 40.0. The summed E-state index contributed by atoms with van der Waals surface area (Å²) >= 11 is 4.05. The second kappa shape index (κ2) is 6.16. The monoisotopic (exact) mass is 265 g/mol. The highest BCUT2D eigenvalue weighted by molar-refractivity contribution is 7.80. The van der Waals surface area contributed by atoms with Crippen molar-refractivity contribution in [2.75, 3.05) is 6.54 Å². The summed E-state index contributed by atoms with van der Waals surface area (Å²) in [5, 5.41) is 0. The molecule has 0 unspecified atom stereocenters. The van der Waals surface area contributed by atoms with Gasteiger partial charge in [-0.3, -0.25) is 0 Å². The van der Waals surface area contributed by atoms with Crippen LogP contribution in [0, 0.1) is 0 Å². The van der Waals surface area contributed by atoms with Gasteiger partial charge in [-0.05, 0) is 49.6 Å². The molecule has 1 aromatic rings. The van der Waals surface area contributed by atoms with Crippen molar-refractivity contribution in [1.29, 1.82) is 0 Å². The summed E-state index contributed by atoms with van der Waals surface area (Å²) in [4.78, 5) is 0.453. The molecule has 0 radical (unpaired) electrons. The van der Waals surface area contributed by atoms with Crippen LogP contribution >= 0.6 is 12.6 Å². The van der Waals surface area contributed by atoms with Crippen molar-refractivity contribution in [1.82, 2.24) is 0 Å². The van der Waals surface area contributed by atoms with Crippen molar-refractivity contribution < 1.29 is 17.9 Å². The second-order valence-corrected chi connectivity index (χ2v) is 4.15. The summed E-state index contributed by atoms with van der Waals surface area (Å²) in [6.45, 7) is 0.576. The maximum absolute atomic E-state index is 12.0. The highest BCUT2D eigenvalue weighted by atomic mass is 32.1. The summed E-state index contributed by atoms with van der Waals surface area (Å²) in [5.41, 5.74) is 6.12. The number of nitrogens with two attached hydrogens (primary N) is 1. The molecular formula is C11H14F3NOS. The van der Waals surface area contributed by atoms with E-state index in [4.69, 9.17) is 5.73 Å². The molecule has 2 nitrogen and oxygen atoms in total. The predicted molar refractivity (Wildman–Crippen MR) is 62.4 cm³/mol. The molecule has 0 atom stereocenters. The topological polar surface area (TPSA) is 35.2 Å². The minimum absolute atomic E-state index is 0.229. The van der Waals surface area contributed by atoms with Gasteiger partial charge in [0.15, 0.2) is 0 Å². The third-order valence-corrected chi connectivity index (χ3v) is 2.36. The number of aryl methyl sites for hydroxylation is 1. The number of hydrogen-bond acceptors (Lipinski definition) is 3. The first-order valence-corrected chi connectivity index (χ1v) is 5.64. The quantitative estimate of drug-likeness (QED) is 0.633. The number of halogens is 3. The van der Waals surface area contributed by atoms with E-state index >= 15 is 0 Å². The summed E-state index contributed by atoms with van der Waals surface area (Å²) in [5.74, 6) is -0.229. The molecule has 0 aromatic heterocycles. The summed E-state index contributed by atoms with van der Waals surface area (Å²) in [7, 11) is 0.